The van der Waals surface area contributed by atoms with Crippen molar-refractivity contribution in [1.82, 2.24) is 5.32 Å². The largest absolute Gasteiger partial charge is 0.480 e. The van der Waals surface area contributed by atoms with Crippen LogP contribution in [0.25, 0.3) is 0 Å². The van der Waals surface area contributed by atoms with E-state index in [1.807, 2.05) is 0 Å². The summed E-state index contributed by atoms with van der Waals surface area (Å²) >= 11 is 0. The lowest BCUT2D eigenvalue weighted by molar-refractivity contribution is -0.142. The maximum absolute atomic E-state index is 11.5. The van der Waals surface area contributed by atoms with E-state index in [0.717, 1.165) is 0 Å². The van der Waals surface area contributed by atoms with Crippen LogP contribution in [0.3, 0.4) is 0 Å². The van der Waals surface area contributed by atoms with Gasteiger partial charge >= 0.3 is 5.97 Å². The fraction of sp³-hybridized carbons (Fsp3) is 0.600. The van der Waals surface area contributed by atoms with Gasteiger partial charge in [-0.15, -0.1) is 6.58 Å². The molecule has 5 heteroatoms. The number of rotatable bonds is 5. The molecule has 0 aromatic rings. The standard InChI is InChI=1S/C10H15NO4/c1-2-3-8(10(13)14)11-9(12)7-4-5-15-6-7/h2,7-8H,1,3-6H2,(H,11,12)(H,13,14)/t7-,8-/m1/s1. The minimum atomic E-state index is -1.04. The number of carbonyl (C=O) groups excluding carboxylic acids is 1. The lowest BCUT2D eigenvalue weighted by atomic mass is 10.1. The topological polar surface area (TPSA) is 75.6 Å². The zero-order valence-electron chi connectivity index (χ0n) is 8.44. The molecule has 1 aliphatic rings. The number of hydrogen-bond donors (Lipinski definition) is 2. The van der Waals surface area contributed by atoms with Crippen LogP contribution in [0.1, 0.15) is 12.8 Å². The molecular weight excluding hydrogens is 198 g/mol. The number of ether oxygens (including phenoxy) is 1. The van der Waals surface area contributed by atoms with Crippen molar-refractivity contribution in [2.24, 2.45) is 5.92 Å². The van der Waals surface area contributed by atoms with Crippen LogP contribution in [0, 0.1) is 5.92 Å². The van der Waals surface area contributed by atoms with E-state index in [-0.39, 0.29) is 18.2 Å². The first kappa shape index (κ1) is 11.7. The van der Waals surface area contributed by atoms with Gasteiger partial charge in [-0.05, 0) is 12.8 Å². The van der Waals surface area contributed by atoms with Crippen LogP contribution in [-0.4, -0.2) is 36.2 Å². The van der Waals surface area contributed by atoms with E-state index in [2.05, 4.69) is 11.9 Å². The van der Waals surface area contributed by atoms with Crippen LogP contribution in [0.4, 0.5) is 0 Å². The highest BCUT2D eigenvalue weighted by Crippen LogP contribution is 2.12. The van der Waals surface area contributed by atoms with Gasteiger partial charge in [-0.1, -0.05) is 6.08 Å². The average molecular weight is 213 g/mol. The van der Waals surface area contributed by atoms with Crippen molar-refractivity contribution >= 4 is 11.9 Å². The summed E-state index contributed by atoms with van der Waals surface area (Å²) in [6.07, 6.45) is 2.37. The van der Waals surface area contributed by atoms with E-state index in [4.69, 9.17) is 9.84 Å². The van der Waals surface area contributed by atoms with Crippen LogP contribution in [0.5, 0.6) is 0 Å². The summed E-state index contributed by atoms with van der Waals surface area (Å²) in [5.41, 5.74) is 0. The predicted molar refractivity (Wildman–Crippen MR) is 53.3 cm³/mol. The third-order valence-electron chi connectivity index (χ3n) is 2.32. The van der Waals surface area contributed by atoms with E-state index in [1.54, 1.807) is 0 Å². The molecule has 0 radical (unpaired) electrons. The third kappa shape index (κ3) is 3.36. The minimum absolute atomic E-state index is 0.211. The Bertz CT molecular complexity index is 258. The van der Waals surface area contributed by atoms with E-state index < -0.39 is 12.0 Å². The number of aliphatic carboxylic acids is 1. The van der Waals surface area contributed by atoms with E-state index >= 15 is 0 Å². The zero-order chi connectivity index (χ0) is 11.3. The molecule has 0 bridgehead atoms. The second-order valence-corrected chi connectivity index (χ2v) is 3.48. The number of carboxylic acids is 1. The molecule has 2 atom stereocenters. The molecule has 2 N–H and O–H groups in total. The highest BCUT2D eigenvalue weighted by atomic mass is 16.5. The minimum Gasteiger partial charge on any atom is -0.480 e. The molecule has 0 spiro atoms. The van der Waals surface area contributed by atoms with Crippen molar-refractivity contribution in [2.75, 3.05) is 13.2 Å². The first-order chi connectivity index (χ1) is 7.15. The van der Waals surface area contributed by atoms with Gasteiger partial charge in [0.1, 0.15) is 6.04 Å². The van der Waals surface area contributed by atoms with Gasteiger partial charge < -0.3 is 15.2 Å². The fourth-order valence-corrected chi connectivity index (χ4v) is 1.42. The van der Waals surface area contributed by atoms with Crippen molar-refractivity contribution in [3.63, 3.8) is 0 Å². The number of hydrogen-bond acceptors (Lipinski definition) is 3. The predicted octanol–water partition coefficient (Wildman–Crippen LogP) is 0.168. The Morgan fingerprint density at radius 1 is 1.67 bits per heavy atom. The molecule has 0 saturated carbocycles. The van der Waals surface area contributed by atoms with Gasteiger partial charge in [-0.3, -0.25) is 4.79 Å². The Hall–Kier alpha value is -1.36. The quantitative estimate of drug-likeness (QED) is 0.638. The molecule has 1 heterocycles. The average Bonchev–Trinajstić information content (AvgIpc) is 2.69. The Balaban J connectivity index is 2.45. The van der Waals surface area contributed by atoms with Crippen LogP contribution in [0.2, 0.25) is 0 Å². The molecule has 0 aromatic heterocycles. The van der Waals surface area contributed by atoms with Gasteiger partial charge in [0.05, 0.1) is 12.5 Å². The van der Waals surface area contributed by atoms with Crippen molar-refractivity contribution in [3.8, 4) is 0 Å². The molecule has 1 rings (SSSR count). The van der Waals surface area contributed by atoms with Crippen LogP contribution < -0.4 is 5.32 Å². The first-order valence-electron chi connectivity index (χ1n) is 4.87. The molecule has 0 unspecified atom stereocenters. The molecule has 84 valence electrons. The summed E-state index contributed by atoms with van der Waals surface area (Å²) in [7, 11) is 0. The Morgan fingerprint density at radius 3 is 2.87 bits per heavy atom. The van der Waals surface area contributed by atoms with Gasteiger partial charge in [0, 0.05) is 6.61 Å². The lowest BCUT2D eigenvalue weighted by Gasteiger charge is -2.14. The highest BCUT2D eigenvalue weighted by molar-refractivity contribution is 5.85. The normalized spacial score (nSPS) is 22.0. The van der Waals surface area contributed by atoms with Gasteiger partial charge in [-0.2, -0.15) is 0 Å². The molecule has 0 aromatic carbocycles. The SMILES string of the molecule is C=CC[C@@H](NC(=O)[C@@H]1CCOC1)C(=O)O. The first-order valence-corrected chi connectivity index (χ1v) is 4.87. The molecule has 15 heavy (non-hydrogen) atoms. The Kier molecular flexibility index (Phi) is 4.30. The molecule has 1 amide bonds. The number of carbonyl (C=O) groups is 2. The van der Waals surface area contributed by atoms with Crippen molar-refractivity contribution in [2.45, 2.75) is 18.9 Å². The summed E-state index contributed by atoms with van der Waals surface area (Å²) in [5, 5.41) is 11.3. The zero-order valence-corrected chi connectivity index (χ0v) is 8.44. The second-order valence-electron chi connectivity index (χ2n) is 3.48. The van der Waals surface area contributed by atoms with E-state index in [0.29, 0.717) is 19.6 Å². The summed E-state index contributed by atoms with van der Waals surface area (Å²) in [4.78, 5) is 22.3. The van der Waals surface area contributed by atoms with Crippen LogP contribution in [-0.2, 0) is 14.3 Å². The summed E-state index contributed by atoms with van der Waals surface area (Å²) in [6.45, 7) is 4.40. The summed E-state index contributed by atoms with van der Waals surface area (Å²) < 4.78 is 5.05. The molecule has 1 aliphatic heterocycles. The molecule has 5 nitrogen and oxygen atoms in total. The number of carboxylic acid groups (broad SMARTS) is 1. The fourth-order valence-electron chi connectivity index (χ4n) is 1.42. The smallest absolute Gasteiger partial charge is 0.326 e. The van der Waals surface area contributed by atoms with Crippen LogP contribution >= 0.6 is 0 Å². The van der Waals surface area contributed by atoms with Crippen molar-refractivity contribution in [3.05, 3.63) is 12.7 Å². The molecule has 1 fully saturated rings. The Morgan fingerprint density at radius 2 is 2.40 bits per heavy atom. The van der Waals surface area contributed by atoms with Crippen molar-refractivity contribution < 1.29 is 19.4 Å². The van der Waals surface area contributed by atoms with Crippen LogP contribution in [0.15, 0.2) is 12.7 Å². The maximum atomic E-state index is 11.5. The third-order valence-corrected chi connectivity index (χ3v) is 2.32. The summed E-state index contributed by atoms with van der Waals surface area (Å²) in [6, 6.07) is -0.879. The number of amides is 1. The van der Waals surface area contributed by atoms with Gasteiger partial charge in [0.25, 0.3) is 0 Å². The monoisotopic (exact) mass is 213 g/mol. The second kappa shape index (κ2) is 5.50. The van der Waals surface area contributed by atoms with Crippen molar-refractivity contribution in [1.29, 1.82) is 0 Å². The van der Waals surface area contributed by atoms with E-state index in [1.165, 1.54) is 6.08 Å². The van der Waals surface area contributed by atoms with Gasteiger partial charge in [0.15, 0.2) is 0 Å². The molecular formula is C10H15NO4. The number of nitrogens with one attached hydrogen (secondary N) is 1. The van der Waals surface area contributed by atoms with E-state index in [9.17, 15) is 9.59 Å². The molecule has 0 aliphatic carbocycles. The summed E-state index contributed by atoms with van der Waals surface area (Å²) in [5.74, 6) is -1.50. The maximum Gasteiger partial charge on any atom is 0.326 e. The lowest BCUT2D eigenvalue weighted by Crippen LogP contribution is -2.43. The molecule has 1 saturated heterocycles. The Labute approximate surface area is 88.1 Å². The van der Waals surface area contributed by atoms with Gasteiger partial charge in [0.2, 0.25) is 5.91 Å². The highest BCUT2D eigenvalue weighted by Gasteiger charge is 2.27. The van der Waals surface area contributed by atoms with Gasteiger partial charge in [-0.25, -0.2) is 4.79 Å².